The summed E-state index contributed by atoms with van der Waals surface area (Å²) in [5, 5.41) is 23.4. The quantitative estimate of drug-likeness (QED) is 0.0320. The van der Waals surface area contributed by atoms with E-state index in [0.717, 1.165) is 44.9 Å². The van der Waals surface area contributed by atoms with Crippen molar-refractivity contribution in [3.05, 3.63) is 24.3 Å². The van der Waals surface area contributed by atoms with E-state index in [-0.39, 0.29) is 18.5 Å². The van der Waals surface area contributed by atoms with Crippen molar-refractivity contribution in [3.63, 3.8) is 0 Å². The van der Waals surface area contributed by atoms with Crippen molar-refractivity contribution in [2.45, 2.75) is 424 Å². The number of hydrogen-bond donors (Lipinski definition) is 3. The molecule has 0 aromatic carbocycles. The van der Waals surface area contributed by atoms with Crippen LogP contribution in [0.3, 0.4) is 0 Å². The second-order valence-corrected chi connectivity index (χ2v) is 25.3. The highest BCUT2D eigenvalue weighted by atomic mass is 16.5. The van der Waals surface area contributed by atoms with Crippen molar-refractivity contribution in [1.82, 2.24) is 5.32 Å². The van der Waals surface area contributed by atoms with Gasteiger partial charge in [0.05, 0.1) is 25.4 Å². The summed E-state index contributed by atoms with van der Waals surface area (Å²) in [5.41, 5.74) is 0. The Morgan fingerprint density at radius 1 is 0.350 bits per heavy atom. The molecular formula is C74H143NO5. The molecule has 0 aliphatic rings. The minimum Gasteiger partial charge on any atom is -0.466 e. The van der Waals surface area contributed by atoms with Crippen molar-refractivity contribution in [1.29, 1.82) is 0 Å². The third-order valence-corrected chi connectivity index (χ3v) is 17.3. The molecule has 0 spiro atoms. The predicted octanol–water partition coefficient (Wildman–Crippen LogP) is 23.7. The molecule has 0 aliphatic carbocycles. The first-order chi connectivity index (χ1) is 39.5. The molecule has 6 heteroatoms. The van der Waals surface area contributed by atoms with Crippen LogP contribution in [0.1, 0.15) is 412 Å². The molecule has 1 amide bonds. The van der Waals surface area contributed by atoms with Crippen LogP contribution in [-0.2, 0) is 14.3 Å². The van der Waals surface area contributed by atoms with Crippen molar-refractivity contribution < 1.29 is 24.5 Å². The number of aliphatic hydroxyl groups excluding tert-OH is 2. The normalized spacial score (nSPS) is 12.6. The summed E-state index contributed by atoms with van der Waals surface area (Å²) < 4.78 is 5.48. The molecule has 3 N–H and O–H groups in total. The van der Waals surface area contributed by atoms with E-state index in [2.05, 4.69) is 43.5 Å². The van der Waals surface area contributed by atoms with Gasteiger partial charge in [-0.1, -0.05) is 366 Å². The molecule has 0 aromatic rings. The highest BCUT2D eigenvalue weighted by Crippen LogP contribution is 2.19. The van der Waals surface area contributed by atoms with Crippen molar-refractivity contribution in [2.75, 3.05) is 13.2 Å². The predicted molar refractivity (Wildman–Crippen MR) is 352 cm³/mol. The molecule has 0 radical (unpaired) electrons. The molecule has 0 aromatic heterocycles. The summed E-state index contributed by atoms with van der Waals surface area (Å²) in [6, 6.07) is -0.541. The molecule has 0 bridgehead atoms. The standard InChI is InChI=1S/C74H143NO5/c1-3-5-7-9-11-13-15-17-18-19-33-36-39-43-46-50-54-58-62-66-72(77)71(70-76)75-73(78)67-63-59-55-51-47-44-40-37-34-31-29-27-25-23-21-20-22-24-26-28-30-32-35-38-41-45-49-53-57-61-65-69-80-74(79)68-64-60-56-52-48-42-16-14-12-10-8-6-4-2/h22,24,28,30,71-72,76-77H,3-21,23,25-27,29,31-70H2,1-2H3,(H,75,78)/b24-22-,30-28-. The molecule has 2 atom stereocenters. The van der Waals surface area contributed by atoms with Gasteiger partial charge in [0, 0.05) is 12.8 Å². The number of ether oxygens (including phenoxy) is 1. The fourth-order valence-corrected chi connectivity index (χ4v) is 11.7. The lowest BCUT2D eigenvalue weighted by Crippen LogP contribution is -2.45. The zero-order valence-electron chi connectivity index (χ0n) is 54.3. The number of carbonyl (C=O) groups is 2. The second-order valence-electron chi connectivity index (χ2n) is 25.3. The topological polar surface area (TPSA) is 95.9 Å². The number of aliphatic hydroxyl groups is 2. The van der Waals surface area contributed by atoms with Crippen LogP contribution in [0.4, 0.5) is 0 Å². The van der Waals surface area contributed by atoms with Gasteiger partial charge in [-0.15, -0.1) is 0 Å². The zero-order valence-corrected chi connectivity index (χ0v) is 54.3. The maximum atomic E-state index is 12.5. The van der Waals surface area contributed by atoms with Crippen molar-refractivity contribution in [2.24, 2.45) is 0 Å². The molecule has 0 saturated carbocycles. The SMILES string of the molecule is CCCCCCCCCCCCCCCCCCCCCC(O)C(CO)NC(=O)CCCCCCCCCCCCCCCCC/C=C\C/C=C\CCCCCCCCCCCOC(=O)CCCCCCCCCCCCCCC. The van der Waals surface area contributed by atoms with Crippen LogP contribution in [0.15, 0.2) is 24.3 Å². The van der Waals surface area contributed by atoms with E-state index in [0.29, 0.717) is 25.9 Å². The first-order valence-corrected chi connectivity index (χ1v) is 36.6. The third kappa shape index (κ3) is 65.5. The average molecular weight is 1130 g/mol. The van der Waals surface area contributed by atoms with E-state index in [1.165, 1.54) is 334 Å². The number of amides is 1. The van der Waals surface area contributed by atoms with E-state index in [1.54, 1.807) is 0 Å². The van der Waals surface area contributed by atoms with E-state index >= 15 is 0 Å². The van der Waals surface area contributed by atoms with Gasteiger partial charge in [0.25, 0.3) is 0 Å². The molecule has 80 heavy (non-hydrogen) atoms. The Labute approximate surface area is 501 Å². The highest BCUT2D eigenvalue weighted by Gasteiger charge is 2.20. The molecule has 0 heterocycles. The summed E-state index contributed by atoms with van der Waals surface area (Å²) in [6.07, 6.45) is 88.1. The second kappa shape index (κ2) is 69.8. The van der Waals surface area contributed by atoms with Gasteiger partial charge in [0.2, 0.25) is 5.91 Å². The Balaban J connectivity index is 3.39. The minimum atomic E-state index is -0.664. The molecule has 474 valence electrons. The number of esters is 1. The lowest BCUT2D eigenvalue weighted by atomic mass is 10.0. The van der Waals surface area contributed by atoms with Crippen molar-refractivity contribution in [3.8, 4) is 0 Å². The highest BCUT2D eigenvalue weighted by molar-refractivity contribution is 5.76. The molecule has 0 rings (SSSR count). The summed E-state index contributed by atoms with van der Waals surface area (Å²) in [6.45, 7) is 4.99. The fourth-order valence-electron chi connectivity index (χ4n) is 11.7. The van der Waals surface area contributed by atoms with Gasteiger partial charge in [-0.25, -0.2) is 0 Å². The molecule has 0 fully saturated rings. The number of hydrogen-bond acceptors (Lipinski definition) is 5. The number of unbranched alkanes of at least 4 members (excludes halogenated alkanes) is 54. The smallest absolute Gasteiger partial charge is 0.305 e. The first-order valence-electron chi connectivity index (χ1n) is 36.6. The van der Waals surface area contributed by atoms with Gasteiger partial charge in [0.1, 0.15) is 0 Å². The van der Waals surface area contributed by atoms with Crippen LogP contribution < -0.4 is 5.32 Å². The van der Waals surface area contributed by atoms with Crippen LogP contribution >= 0.6 is 0 Å². The van der Waals surface area contributed by atoms with Crippen LogP contribution in [0.25, 0.3) is 0 Å². The third-order valence-electron chi connectivity index (χ3n) is 17.3. The molecular weight excluding hydrogens is 983 g/mol. The number of carbonyl (C=O) groups excluding carboxylic acids is 2. The number of rotatable bonds is 69. The van der Waals surface area contributed by atoms with Crippen LogP contribution in [0.5, 0.6) is 0 Å². The van der Waals surface area contributed by atoms with Gasteiger partial charge in [-0.3, -0.25) is 9.59 Å². The summed E-state index contributed by atoms with van der Waals surface area (Å²) in [5.74, 6) is -0.0146. The van der Waals surface area contributed by atoms with E-state index in [1.807, 2.05) is 0 Å². The molecule has 0 saturated heterocycles. The Hall–Kier alpha value is -1.66. The Bertz CT molecular complexity index is 1250. The monoisotopic (exact) mass is 1130 g/mol. The maximum absolute atomic E-state index is 12.5. The zero-order chi connectivity index (χ0) is 57.8. The largest absolute Gasteiger partial charge is 0.466 e. The maximum Gasteiger partial charge on any atom is 0.305 e. The van der Waals surface area contributed by atoms with Gasteiger partial charge < -0.3 is 20.3 Å². The number of nitrogens with one attached hydrogen (secondary N) is 1. The lowest BCUT2D eigenvalue weighted by molar-refractivity contribution is -0.143. The van der Waals surface area contributed by atoms with Gasteiger partial charge in [-0.05, 0) is 57.8 Å². The average Bonchev–Trinajstić information content (AvgIpc) is 3.46. The van der Waals surface area contributed by atoms with Crippen LogP contribution in [0.2, 0.25) is 0 Å². The lowest BCUT2D eigenvalue weighted by Gasteiger charge is -2.22. The molecule has 6 nitrogen and oxygen atoms in total. The number of allylic oxidation sites excluding steroid dienone is 4. The first kappa shape index (κ1) is 78.3. The van der Waals surface area contributed by atoms with Crippen LogP contribution in [0, 0.1) is 0 Å². The van der Waals surface area contributed by atoms with Gasteiger partial charge >= 0.3 is 5.97 Å². The fraction of sp³-hybridized carbons (Fsp3) is 0.919. The molecule has 2 unspecified atom stereocenters. The van der Waals surface area contributed by atoms with E-state index < -0.39 is 12.1 Å². The minimum absolute atomic E-state index is 0.0155. The van der Waals surface area contributed by atoms with Crippen LogP contribution in [-0.4, -0.2) is 47.4 Å². The Kier molecular flexibility index (Phi) is 68.4. The molecule has 0 aliphatic heterocycles. The van der Waals surface area contributed by atoms with E-state index in [4.69, 9.17) is 4.74 Å². The van der Waals surface area contributed by atoms with Gasteiger partial charge in [0.15, 0.2) is 0 Å². The summed E-state index contributed by atoms with van der Waals surface area (Å²) in [4.78, 5) is 24.6. The van der Waals surface area contributed by atoms with Gasteiger partial charge in [-0.2, -0.15) is 0 Å². The van der Waals surface area contributed by atoms with Crippen molar-refractivity contribution >= 4 is 11.9 Å². The Morgan fingerprint density at radius 3 is 0.950 bits per heavy atom. The van der Waals surface area contributed by atoms with E-state index in [9.17, 15) is 19.8 Å². The summed E-state index contributed by atoms with van der Waals surface area (Å²) in [7, 11) is 0. The summed E-state index contributed by atoms with van der Waals surface area (Å²) >= 11 is 0. The Morgan fingerprint density at radius 2 is 0.625 bits per heavy atom.